The summed E-state index contributed by atoms with van der Waals surface area (Å²) in [5, 5.41) is 7.26. The van der Waals surface area contributed by atoms with Crippen LogP contribution in [0.15, 0.2) is 59.9 Å². The molecule has 9 heteroatoms. The van der Waals surface area contributed by atoms with Gasteiger partial charge in [-0.1, -0.05) is 12.1 Å². The van der Waals surface area contributed by atoms with Crippen molar-refractivity contribution in [3.63, 3.8) is 0 Å². The second-order valence-corrected chi connectivity index (χ2v) is 9.62. The molecule has 4 aromatic rings. The van der Waals surface area contributed by atoms with E-state index in [-0.39, 0.29) is 29.9 Å². The Labute approximate surface area is 199 Å². The zero-order chi connectivity index (χ0) is 23.5. The van der Waals surface area contributed by atoms with Gasteiger partial charge in [0.25, 0.3) is 5.56 Å². The van der Waals surface area contributed by atoms with E-state index in [4.69, 9.17) is 0 Å². The Balaban J connectivity index is 1.20. The number of aromatic nitrogens is 3. The number of rotatable bonds is 7. The second-order valence-electron chi connectivity index (χ2n) is 8.45. The van der Waals surface area contributed by atoms with Crippen molar-refractivity contribution in [2.75, 3.05) is 5.32 Å². The van der Waals surface area contributed by atoms with E-state index < -0.39 is 0 Å². The standard InChI is InChI=1S/C25H24FN5O2S/c26-18-4-1-16(2-5-18)3-6-19-7-8-21-24(30-19)25(33)31(15-29-21)14-23(32)28-13-20-11-17-12-27-10-9-22(17)34-20/h1-2,4-5,9-12,15,19,30H,3,6-8,13-14H2,(H,28,32)/t19-/m1/s1. The van der Waals surface area contributed by atoms with E-state index in [9.17, 15) is 14.0 Å². The number of nitrogens with zero attached hydrogens (tertiary/aromatic N) is 3. The van der Waals surface area contributed by atoms with E-state index >= 15 is 0 Å². The normalized spacial score (nSPS) is 15.0. The van der Waals surface area contributed by atoms with Crippen LogP contribution >= 0.6 is 11.3 Å². The monoisotopic (exact) mass is 477 g/mol. The Bertz CT molecular complexity index is 1350. The number of halogens is 1. The third kappa shape index (κ3) is 4.99. The fourth-order valence-corrected chi connectivity index (χ4v) is 5.16. The Hall–Kier alpha value is -3.59. The van der Waals surface area contributed by atoms with Crippen LogP contribution in [0.4, 0.5) is 10.1 Å². The van der Waals surface area contributed by atoms with E-state index in [1.165, 1.54) is 23.0 Å². The summed E-state index contributed by atoms with van der Waals surface area (Å²) in [4.78, 5) is 35.1. The lowest BCUT2D eigenvalue weighted by Gasteiger charge is -2.26. The number of carbonyl (C=O) groups is 1. The van der Waals surface area contributed by atoms with Gasteiger partial charge < -0.3 is 10.6 Å². The summed E-state index contributed by atoms with van der Waals surface area (Å²) in [6, 6.07) is 10.6. The fraction of sp³-hybridized carbons (Fsp3) is 0.280. The van der Waals surface area contributed by atoms with Gasteiger partial charge in [0.2, 0.25) is 5.91 Å². The van der Waals surface area contributed by atoms with Gasteiger partial charge in [0, 0.05) is 33.4 Å². The quantitative estimate of drug-likeness (QED) is 0.424. The summed E-state index contributed by atoms with van der Waals surface area (Å²) in [7, 11) is 0. The van der Waals surface area contributed by atoms with Crippen molar-refractivity contribution < 1.29 is 9.18 Å². The lowest BCUT2D eigenvalue weighted by molar-refractivity contribution is -0.121. The maximum absolute atomic E-state index is 13.1. The first-order valence-electron chi connectivity index (χ1n) is 11.2. The van der Waals surface area contributed by atoms with E-state index in [0.29, 0.717) is 18.7 Å². The Morgan fingerprint density at radius 2 is 2.12 bits per heavy atom. The van der Waals surface area contributed by atoms with E-state index in [1.807, 2.05) is 12.1 Å². The highest BCUT2D eigenvalue weighted by Crippen LogP contribution is 2.24. The molecule has 7 nitrogen and oxygen atoms in total. The second kappa shape index (κ2) is 9.72. The molecule has 3 aromatic heterocycles. The number of carbonyl (C=O) groups excluding carboxylic acids is 1. The number of pyridine rings is 1. The molecule has 0 bridgehead atoms. The number of thiophene rings is 1. The van der Waals surface area contributed by atoms with Crippen LogP contribution in [0.3, 0.4) is 0 Å². The highest BCUT2D eigenvalue weighted by molar-refractivity contribution is 7.19. The van der Waals surface area contributed by atoms with Crippen molar-refractivity contribution in [2.24, 2.45) is 0 Å². The lowest BCUT2D eigenvalue weighted by atomic mass is 9.97. The van der Waals surface area contributed by atoms with E-state index in [1.54, 1.807) is 35.9 Å². The van der Waals surface area contributed by atoms with Crippen LogP contribution in [0.25, 0.3) is 10.1 Å². The first kappa shape index (κ1) is 22.2. The number of fused-ring (bicyclic) bond motifs is 2. The van der Waals surface area contributed by atoms with E-state index in [0.717, 1.165) is 45.5 Å². The molecule has 4 heterocycles. The first-order chi connectivity index (χ1) is 16.5. The number of amides is 1. The molecule has 174 valence electrons. The summed E-state index contributed by atoms with van der Waals surface area (Å²) in [6.07, 6.45) is 8.19. The average Bonchev–Trinajstić information content (AvgIpc) is 3.27. The molecule has 0 unspecified atom stereocenters. The maximum atomic E-state index is 13.1. The molecule has 1 atom stereocenters. The molecular formula is C25H24FN5O2S. The molecule has 0 fully saturated rings. The van der Waals surface area contributed by atoms with Crippen LogP contribution in [-0.4, -0.2) is 26.5 Å². The molecular weight excluding hydrogens is 453 g/mol. The Morgan fingerprint density at radius 3 is 2.94 bits per heavy atom. The smallest absolute Gasteiger partial charge is 0.277 e. The minimum atomic E-state index is -0.247. The predicted molar refractivity (Wildman–Crippen MR) is 130 cm³/mol. The molecule has 2 N–H and O–H groups in total. The van der Waals surface area contributed by atoms with Crippen molar-refractivity contribution in [3.05, 3.63) is 87.4 Å². The highest BCUT2D eigenvalue weighted by atomic mass is 32.1. The number of aryl methyl sites for hydroxylation is 2. The van der Waals surface area contributed by atoms with Crippen molar-refractivity contribution in [3.8, 4) is 0 Å². The summed E-state index contributed by atoms with van der Waals surface area (Å²) in [5.74, 6) is -0.492. The van der Waals surface area contributed by atoms with E-state index in [2.05, 4.69) is 20.6 Å². The topological polar surface area (TPSA) is 88.9 Å². The summed E-state index contributed by atoms with van der Waals surface area (Å²) < 4.78 is 15.6. The molecule has 0 saturated heterocycles. The first-order valence-corrected chi connectivity index (χ1v) is 12.1. The molecule has 5 rings (SSSR count). The van der Waals surface area contributed by atoms with Crippen LogP contribution in [0.2, 0.25) is 0 Å². The van der Waals surface area contributed by atoms with Gasteiger partial charge in [-0.2, -0.15) is 0 Å². The molecule has 0 radical (unpaired) electrons. The predicted octanol–water partition coefficient (Wildman–Crippen LogP) is 3.67. The van der Waals surface area contributed by atoms with Gasteiger partial charge in [-0.05, 0) is 55.5 Å². The van der Waals surface area contributed by atoms with Gasteiger partial charge in [0.15, 0.2) is 0 Å². The van der Waals surface area contributed by atoms with Crippen LogP contribution < -0.4 is 16.2 Å². The summed E-state index contributed by atoms with van der Waals surface area (Å²) in [5.41, 5.74) is 2.03. The Morgan fingerprint density at radius 1 is 1.26 bits per heavy atom. The lowest BCUT2D eigenvalue weighted by Crippen LogP contribution is -2.37. The molecule has 0 saturated carbocycles. The van der Waals surface area contributed by atoms with Crippen molar-refractivity contribution in [2.45, 2.75) is 44.8 Å². The van der Waals surface area contributed by atoms with Gasteiger partial charge >= 0.3 is 0 Å². The number of hydrogen-bond acceptors (Lipinski definition) is 6. The summed E-state index contributed by atoms with van der Waals surface area (Å²) in [6.45, 7) is 0.308. The van der Waals surface area contributed by atoms with Crippen LogP contribution in [0.1, 0.15) is 29.0 Å². The molecule has 1 aromatic carbocycles. The largest absolute Gasteiger partial charge is 0.376 e. The SMILES string of the molecule is O=C(Cn1cnc2c(c1=O)N[C@H](CCc1ccc(F)cc1)CC2)NCc1cc2cnccc2s1. The molecule has 34 heavy (non-hydrogen) atoms. The number of nitrogens with one attached hydrogen (secondary N) is 2. The molecule has 1 aliphatic heterocycles. The van der Waals surface area contributed by atoms with Crippen LogP contribution in [0.5, 0.6) is 0 Å². The molecule has 1 amide bonds. The van der Waals surface area contributed by atoms with Gasteiger partial charge in [-0.15, -0.1) is 11.3 Å². The fourth-order valence-electron chi connectivity index (χ4n) is 4.19. The third-order valence-electron chi connectivity index (χ3n) is 6.03. The maximum Gasteiger partial charge on any atom is 0.277 e. The van der Waals surface area contributed by atoms with Gasteiger partial charge in [-0.25, -0.2) is 9.37 Å². The zero-order valence-electron chi connectivity index (χ0n) is 18.5. The van der Waals surface area contributed by atoms with Crippen LogP contribution in [0, 0.1) is 5.82 Å². The Kier molecular flexibility index (Phi) is 6.35. The minimum absolute atomic E-state index is 0.0898. The zero-order valence-corrected chi connectivity index (χ0v) is 19.3. The molecule has 1 aliphatic rings. The van der Waals surface area contributed by atoms with Crippen molar-refractivity contribution in [1.29, 1.82) is 0 Å². The van der Waals surface area contributed by atoms with Crippen molar-refractivity contribution in [1.82, 2.24) is 19.9 Å². The molecule has 0 aliphatic carbocycles. The molecule has 0 spiro atoms. The van der Waals surface area contributed by atoms with Gasteiger partial charge in [0.1, 0.15) is 18.0 Å². The van der Waals surface area contributed by atoms with Crippen molar-refractivity contribution >= 4 is 33.0 Å². The van der Waals surface area contributed by atoms with Crippen LogP contribution in [-0.2, 0) is 30.7 Å². The number of anilines is 1. The highest BCUT2D eigenvalue weighted by Gasteiger charge is 2.22. The van der Waals surface area contributed by atoms with Gasteiger partial charge in [0.05, 0.1) is 18.6 Å². The van der Waals surface area contributed by atoms with Gasteiger partial charge in [-0.3, -0.25) is 19.1 Å². The third-order valence-corrected chi connectivity index (χ3v) is 7.15. The number of hydrogen-bond donors (Lipinski definition) is 2. The number of benzene rings is 1. The summed E-state index contributed by atoms with van der Waals surface area (Å²) >= 11 is 1.61. The minimum Gasteiger partial charge on any atom is -0.376 e. The average molecular weight is 478 g/mol.